The number of amides is 1. The molecular formula is C18H19F2NO3. The largest absolute Gasteiger partial charge is 0.497 e. The smallest absolute Gasteiger partial charge is 0.387 e. The molecule has 2 rings (SSSR count). The molecule has 0 spiro atoms. The van der Waals surface area contributed by atoms with Crippen molar-refractivity contribution in [1.29, 1.82) is 0 Å². The fraction of sp³-hybridized carbons (Fsp3) is 0.278. The number of carbonyl (C=O) groups is 1. The van der Waals surface area contributed by atoms with Gasteiger partial charge >= 0.3 is 6.61 Å². The molecule has 0 saturated carbocycles. The third-order valence-electron chi connectivity index (χ3n) is 3.40. The first-order chi connectivity index (χ1) is 11.5. The zero-order valence-electron chi connectivity index (χ0n) is 13.5. The zero-order chi connectivity index (χ0) is 17.5. The zero-order valence-corrected chi connectivity index (χ0v) is 13.5. The molecule has 0 aromatic heterocycles. The van der Waals surface area contributed by atoms with E-state index in [4.69, 9.17) is 4.74 Å². The van der Waals surface area contributed by atoms with Crippen LogP contribution < -0.4 is 14.8 Å². The van der Waals surface area contributed by atoms with Gasteiger partial charge in [0, 0.05) is 11.6 Å². The van der Waals surface area contributed by atoms with Gasteiger partial charge in [0.15, 0.2) is 0 Å². The van der Waals surface area contributed by atoms with Gasteiger partial charge in [-0.15, -0.1) is 0 Å². The van der Waals surface area contributed by atoms with Gasteiger partial charge in [-0.25, -0.2) is 0 Å². The van der Waals surface area contributed by atoms with E-state index >= 15 is 0 Å². The highest BCUT2D eigenvalue weighted by atomic mass is 19.3. The Morgan fingerprint density at radius 3 is 2.46 bits per heavy atom. The number of rotatable bonds is 7. The summed E-state index contributed by atoms with van der Waals surface area (Å²) >= 11 is 0. The monoisotopic (exact) mass is 335 g/mol. The molecule has 0 heterocycles. The molecule has 1 N–H and O–H groups in total. The molecule has 0 fully saturated rings. The lowest BCUT2D eigenvalue weighted by Gasteiger charge is -2.15. The van der Waals surface area contributed by atoms with Gasteiger partial charge in [0.05, 0.1) is 7.11 Å². The molecule has 0 aliphatic rings. The Morgan fingerprint density at radius 1 is 1.12 bits per heavy atom. The summed E-state index contributed by atoms with van der Waals surface area (Å²) in [6.45, 7) is -0.987. The molecule has 1 atom stereocenters. The number of benzene rings is 2. The molecule has 0 radical (unpaired) electrons. The van der Waals surface area contributed by atoms with Crippen molar-refractivity contribution in [2.45, 2.75) is 26.0 Å². The third kappa shape index (κ3) is 5.22. The van der Waals surface area contributed by atoms with Crippen LogP contribution in [0.4, 0.5) is 8.78 Å². The Morgan fingerprint density at radius 2 is 1.83 bits per heavy atom. The Hall–Kier alpha value is -2.63. The van der Waals surface area contributed by atoms with Crippen LogP contribution in [-0.4, -0.2) is 25.7 Å². The number of hydrogen-bond acceptors (Lipinski definition) is 3. The Kier molecular flexibility index (Phi) is 6.12. The van der Waals surface area contributed by atoms with Gasteiger partial charge in [-0.05, 0) is 55.3 Å². The van der Waals surface area contributed by atoms with Crippen molar-refractivity contribution in [3.63, 3.8) is 0 Å². The molecule has 0 aliphatic carbocycles. The second-order valence-corrected chi connectivity index (χ2v) is 5.33. The van der Waals surface area contributed by atoms with Gasteiger partial charge < -0.3 is 14.8 Å². The highest BCUT2D eigenvalue weighted by molar-refractivity contribution is 5.94. The molecule has 24 heavy (non-hydrogen) atoms. The van der Waals surface area contributed by atoms with E-state index in [0.717, 1.165) is 11.3 Å². The molecule has 2 aromatic rings. The maximum Gasteiger partial charge on any atom is 0.387 e. The predicted octanol–water partition coefficient (Wildman–Crippen LogP) is 3.66. The summed E-state index contributed by atoms with van der Waals surface area (Å²) in [5.74, 6) is 0.514. The average molecular weight is 335 g/mol. The molecule has 6 heteroatoms. The lowest BCUT2D eigenvalue weighted by atomic mass is 10.1. The van der Waals surface area contributed by atoms with Crippen LogP contribution in [0, 0.1) is 0 Å². The first-order valence-corrected chi connectivity index (χ1v) is 7.46. The van der Waals surface area contributed by atoms with E-state index in [9.17, 15) is 13.6 Å². The number of carbonyl (C=O) groups excluding carboxylic acids is 1. The van der Waals surface area contributed by atoms with Gasteiger partial charge in [0.2, 0.25) is 0 Å². The van der Waals surface area contributed by atoms with Gasteiger partial charge in [-0.3, -0.25) is 4.79 Å². The fourth-order valence-electron chi connectivity index (χ4n) is 2.30. The molecule has 0 saturated heterocycles. The number of halogens is 2. The molecule has 1 unspecified atom stereocenters. The van der Waals surface area contributed by atoms with Crippen LogP contribution >= 0.6 is 0 Å². The Balaban J connectivity index is 1.93. The maximum absolute atomic E-state index is 12.2. The first kappa shape index (κ1) is 17.7. The summed E-state index contributed by atoms with van der Waals surface area (Å²) in [7, 11) is 1.60. The van der Waals surface area contributed by atoms with Crippen molar-refractivity contribution in [3.8, 4) is 11.5 Å². The van der Waals surface area contributed by atoms with Crippen molar-refractivity contribution in [3.05, 3.63) is 59.7 Å². The topological polar surface area (TPSA) is 47.6 Å². The highest BCUT2D eigenvalue weighted by Crippen LogP contribution is 2.16. The summed E-state index contributed by atoms with van der Waals surface area (Å²) in [4.78, 5) is 12.2. The van der Waals surface area contributed by atoms with Crippen molar-refractivity contribution in [2.24, 2.45) is 0 Å². The van der Waals surface area contributed by atoms with E-state index in [-0.39, 0.29) is 17.7 Å². The summed E-state index contributed by atoms with van der Waals surface area (Å²) in [6.07, 6.45) is 0.648. The van der Waals surface area contributed by atoms with Crippen LogP contribution in [0.1, 0.15) is 22.8 Å². The SMILES string of the molecule is COc1cccc(CC(C)NC(=O)c2ccc(OC(F)F)cc2)c1. The number of hydrogen-bond donors (Lipinski definition) is 1. The van der Waals surface area contributed by atoms with Crippen LogP contribution in [0.5, 0.6) is 11.5 Å². The summed E-state index contributed by atoms with van der Waals surface area (Å²) in [6, 6.07) is 13.1. The third-order valence-corrected chi connectivity index (χ3v) is 3.40. The van der Waals surface area contributed by atoms with E-state index in [0.29, 0.717) is 12.0 Å². The van der Waals surface area contributed by atoms with E-state index in [1.165, 1.54) is 24.3 Å². The number of alkyl halides is 2. The average Bonchev–Trinajstić information content (AvgIpc) is 2.55. The van der Waals surface area contributed by atoms with Crippen LogP contribution in [-0.2, 0) is 6.42 Å². The van der Waals surface area contributed by atoms with Crippen molar-refractivity contribution in [1.82, 2.24) is 5.32 Å². The summed E-state index contributed by atoms with van der Waals surface area (Å²) in [5, 5.41) is 2.87. The van der Waals surface area contributed by atoms with Gasteiger partial charge in [0.1, 0.15) is 11.5 Å². The standard InChI is InChI=1S/C18H19F2NO3/c1-12(10-13-4-3-5-16(11-13)23-2)21-17(22)14-6-8-15(9-7-14)24-18(19)20/h3-9,11-12,18H,10H2,1-2H3,(H,21,22). The van der Waals surface area contributed by atoms with E-state index in [1.54, 1.807) is 7.11 Å². The number of methoxy groups -OCH3 is 1. The minimum absolute atomic E-state index is 0.0194. The van der Waals surface area contributed by atoms with Crippen molar-refractivity contribution < 1.29 is 23.0 Å². The van der Waals surface area contributed by atoms with Gasteiger partial charge in [-0.1, -0.05) is 12.1 Å². The van der Waals surface area contributed by atoms with Gasteiger partial charge in [0.25, 0.3) is 5.91 Å². The normalized spacial score (nSPS) is 11.9. The minimum Gasteiger partial charge on any atom is -0.497 e. The lowest BCUT2D eigenvalue weighted by Crippen LogP contribution is -2.34. The Bertz CT molecular complexity index is 674. The fourth-order valence-corrected chi connectivity index (χ4v) is 2.30. The molecule has 0 aliphatic heterocycles. The molecule has 2 aromatic carbocycles. The van der Waals surface area contributed by atoms with Crippen LogP contribution in [0.3, 0.4) is 0 Å². The van der Waals surface area contributed by atoms with Crippen LogP contribution in [0.15, 0.2) is 48.5 Å². The summed E-state index contributed by atoms with van der Waals surface area (Å²) < 4.78 is 33.6. The second kappa shape index (κ2) is 8.29. The predicted molar refractivity (Wildman–Crippen MR) is 86.7 cm³/mol. The number of ether oxygens (including phenoxy) is 2. The first-order valence-electron chi connectivity index (χ1n) is 7.46. The van der Waals surface area contributed by atoms with E-state index in [1.807, 2.05) is 31.2 Å². The molecule has 1 amide bonds. The summed E-state index contributed by atoms with van der Waals surface area (Å²) in [5.41, 5.74) is 1.43. The van der Waals surface area contributed by atoms with E-state index in [2.05, 4.69) is 10.1 Å². The molecule has 4 nitrogen and oxygen atoms in total. The quantitative estimate of drug-likeness (QED) is 0.840. The van der Waals surface area contributed by atoms with E-state index < -0.39 is 6.61 Å². The lowest BCUT2D eigenvalue weighted by molar-refractivity contribution is -0.0498. The molecule has 0 bridgehead atoms. The van der Waals surface area contributed by atoms with Crippen molar-refractivity contribution in [2.75, 3.05) is 7.11 Å². The van der Waals surface area contributed by atoms with Crippen LogP contribution in [0.25, 0.3) is 0 Å². The molecular weight excluding hydrogens is 316 g/mol. The van der Waals surface area contributed by atoms with Crippen molar-refractivity contribution >= 4 is 5.91 Å². The second-order valence-electron chi connectivity index (χ2n) is 5.33. The highest BCUT2D eigenvalue weighted by Gasteiger charge is 2.12. The Labute approximate surface area is 139 Å². The minimum atomic E-state index is -2.88. The van der Waals surface area contributed by atoms with Crippen LogP contribution in [0.2, 0.25) is 0 Å². The number of nitrogens with one attached hydrogen (secondary N) is 1. The maximum atomic E-state index is 12.2. The van der Waals surface area contributed by atoms with Gasteiger partial charge in [-0.2, -0.15) is 8.78 Å². The molecule has 128 valence electrons.